The summed E-state index contributed by atoms with van der Waals surface area (Å²) >= 11 is 0. The van der Waals surface area contributed by atoms with Crippen molar-refractivity contribution >= 4 is 5.91 Å². The van der Waals surface area contributed by atoms with E-state index in [9.17, 15) is 4.79 Å². The molecule has 1 atom stereocenters. The SMILES string of the molecule is Cc1cn(C)c([C@@H]2CCN(C(=O)c3cc(C4CCCCC4)no3)C2)n1. The van der Waals surface area contributed by atoms with Gasteiger partial charge in [0.25, 0.3) is 5.91 Å². The lowest BCUT2D eigenvalue weighted by Gasteiger charge is -2.18. The summed E-state index contributed by atoms with van der Waals surface area (Å²) in [5, 5.41) is 4.19. The summed E-state index contributed by atoms with van der Waals surface area (Å²) in [5.74, 6) is 2.16. The van der Waals surface area contributed by atoms with Crippen molar-refractivity contribution in [3.8, 4) is 0 Å². The average Bonchev–Trinajstić information content (AvgIpc) is 3.34. The molecule has 0 N–H and O–H groups in total. The predicted octanol–water partition coefficient (Wildman–Crippen LogP) is 3.39. The van der Waals surface area contributed by atoms with Crippen LogP contribution in [-0.2, 0) is 7.05 Å². The van der Waals surface area contributed by atoms with E-state index < -0.39 is 0 Å². The lowest BCUT2D eigenvalue weighted by molar-refractivity contribution is 0.0748. The molecule has 0 unspecified atom stereocenters. The van der Waals surface area contributed by atoms with Crippen LogP contribution in [0.2, 0.25) is 0 Å². The van der Waals surface area contributed by atoms with Crippen LogP contribution in [0.3, 0.4) is 0 Å². The van der Waals surface area contributed by atoms with E-state index in [1.165, 1.54) is 19.3 Å². The molecule has 1 saturated heterocycles. The van der Waals surface area contributed by atoms with E-state index >= 15 is 0 Å². The number of hydrogen-bond acceptors (Lipinski definition) is 4. The number of aromatic nitrogens is 3. The molecule has 1 saturated carbocycles. The summed E-state index contributed by atoms with van der Waals surface area (Å²) < 4.78 is 7.47. The van der Waals surface area contributed by atoms with Gasteiger partial charge in [-0.1, -0.05) is 24.4 Å². The molecule has 0 aromatic carbocycles. The van der Waals surface area contributed by atoms with Gasteiger partial charge in [0, 0.05) is 44.2 Å². The van der Waals surface area contributed by atoms with Crippen LogP contribution >= 0.6 is 0 Å². The summed E-state index contributed by atoms with van der Waals surface area (Å²) in [5.41, 5.74) is 1.98. The number of carbonyl (C=O) groups excluding carboxylic acids is 1. The van der Waals surface area contributed by atoms with Crippen LogP contribution in [0.25, 0.3) is 0 Å². The number of carbonyl (C=O) groups is 1. The first-order valence-corrected chi connectivity index (χ1v) is 9.37. The molecule has 4 rings (SSSR count). The summed E-state index contributed by atoms with van der Waals surface area (Å²) in [6, 6.07) is 1.87. The van der Waals surface area contributed by atoms with Crippen molar-refractivity contribution in [2.24, 2.45) is 7.05 Å². The second-order valence-electron chi connectivity index (χ2n) is 7.54. The van der Waals surface area contributed by atoms with Crippen LogP contribution in [0.15, 0.2) is 16.8 Å². The fourth-order valence-electron chi connectivity index (χ4n) is 4.31. The molecule has 0 spiro atoms. The second kappa shape index (κ2) is 6.65. The molecule has 25 heavy (non-hydrogen) atoms. The monoisotopic (exact) mass is 342 g/mol. The molecular formula is C19H26N4O2. The maximum Gasteiger partial charge on any atom is 0.292 e. The Hall–Kier alpha value is -2.11. The third kappa shape index (κ3) is 3.22. The molecule has 0 bridgehead atoms. The molecule has 1 aliphatic heterocycles. The van der Waals surface area contributed by atoms with Crippen LogP contribution in [0, 0.1) is 6.92 Å². The molecule has 2 fully saturated rings. The molecule has 2 aliphatic rings. The Balaban J connectivity index is 1.43. The van der Waals surface area contributed by atoms with Gasteiger partial charge < -0.3 is 14.0 Å². The number of rotatable bonds is 3. The van der Waals surface area contributed by atoms with Crippen LogP contribution in [0.5, 0.6) is 0 Å². The fraction of sp³-hybridized carbons (Fsp3) is 0.632. The van der Waals surface area contributed by atoms with Gasteiger partial charge >= 0.3 is 0 Å². The second-order valence-corrected chi connectivity index (χ2v) is 7.54. The number of aryl methyl sites for hydroxylation is 2. The largest absolute Gasteiger partial charge is 0.351 e. The Labute approximate surface area is 148 Å². The summed E-state index contributed by atoms with van der Waals surface area (Å²) in [4.78, 5) is 19.3. The average molecular weight is 342 g/mol. The van der Waals surface area contributed by atoms with Crippen molar-refractivity contribution in [1.82, 2.24) is 19.6 Å². The highest BCUT2D eigenvalue weighted by Gasteiger charge is 2.32. The molecule has 2 aromatic heterocycles. The number of likely N-dealkylation sites (tertiary alicyclic amines) is 1. The molecule has 1 amide bonds. The zero-order chi connectivity index (χ0) is 17.4. The highest BCUT2D eigenvalue weighted by Crippen LogP contribution is 2.33. The van der Waals surface area contributed by atoms with Crippen molar-refractivity contribution in [1.29, 1.82) is 0 Å². The molecular weight excluding hydrogens is 316 g/mol. The maximum absolute atomic E-state index is 12.8. The van der Waals surface area contributed by atoms with E-state index in [4.69, 9.17) is 4.52 Å². The highest BCUT2D eigenvalue weighted by molar-refractivity contribution is 5.91. The van der Waals surface area contributed by atoms with Gasteiger partial charge in [0.2, 0.25) is 5.76 Å². The van der Waals surface area contributed by atoms with Crippen LogP contribution in [0.4, 0.5) is 0 Å². The minimum Gasteiger partial charge on any atom is -0.351 e. The Morgan fingerprint density at radius 3 is 2.72 bits per heavy atom. The Morgan fingerprint density at radius 1 is 1.20 bits per heavy atom. The van der Waals surface area contributed by atoms with Gasteiger partial charge in [0.05, 0.1) is 11.4 Å². The van der Waals surface area contributed by atoms with E-state index in [0.717, 1.165) is 43.0 Å². The quantitative estimate of drug-likeness (QED) is 0.857. The molecule has 6 nitrogen and oxygen atoms in total. The lowest BCUT2D eigenvalue weighted by atomic mass is 9.87. The topological polar surface area (TPSA) is 64.2 Å². The van der Waals surface area contributed by atoms with E-state index in [-0.39, 0.29) is 5.91 Å². The van der Waals surface area contributed by atoms with Gasteiger partial charge in [-0.05, 0) is 26.2 Å². The summed E-state index contributed by atoms with van der Waals surface area (Å²) in [6.45, 7) is 3.44. The van der Waals surface area contributed by atoms with Crippen LogP contribution in [0.1, 0.15) is 78.1 Å². The van der Waals surface area contributed by atoms with Gasteiger partial charge in [0.15, 0.2) is 0 Å². The first kappa shape index (κ1) is 16.4. The minimum atomic E-state index is -0.0389. The first-order chi connectivity index (χ1) is 12.1. The first-order valence-electron chi connectivity index (χ1n) is 9.37. The van der Waals surface area contributed by atoms with Gasteiger partial charge in [0.1, 0.15) is 5.82 Å². The van der Waals surface area contributed by atoms with E-state index in [0.29, 0.717) is 24.1 Å². The number of imidazole rings is 1. The van der Waals surface area contributed by atoms with Crippen LogP contribution < -0.4 is 0 Å². The zero-order valence-corrected chi connectivity index (χ0v) is 15.1. The van der Waals surface area contributed by atoms with Crippen LogP contribution in [-0.4, -0.2) is 38.6 Å². The molecule has 0 radical (unpaired) electrons. The highest BCUT2D eigenvalue weighted by atomic mass is 16.5. The maximum atomic E-state index is 12.8. The predicted molar refractivity (Wildman–Crippen MR) is 93.5 cm³/mol. The fourth-order valence-corrected chi connectivity index (χ4v) is 4.31. The van der Waals surface area contributed by atoms with Crippen molar-refractivity contribution in [3.05, 3.63) is 35.2 Å². The van der Waals surface area contributed by atoms with Gasteiger partial charge in [-0.2, -0.15) is 0 Å². The zero-order valence-electron chi connectivity index (χ0n) is 15.1. The summed E-state index contributed by atoms with van der Waals surface area (Å²) in [7, 11) is 2.02. The molecule has 1 aliphatic carbocycles. The Morgan fingerprint density at radius 2 is 2.00 bits per heavy atom. The standard InChI is InChI=1S/C19H26N4O2/c1-13-11-22(2)18(20-13)15-8-9-23(12-15)19(24)17-10-16(21-25-17)14-6-4-3-5-7-14/h10-11,14-15H,3-9,12H2,1-2H3/t15-/m1/s1. The molecule has 3 heterocycles. The van der Waals surface area contributed by atoms with Crippen molar-refractivity contribution in [3.63, 3.8) is 0 Å². The van der Waals surface area contributed by atoms with E-state index in [2.05, 4.69) is 14.7 Å². The van der Waals surface area contributed by atoms with Crippen molar-refractivity contribution < 1.29 is 9.32 Å². The molecule has 134 valence electrons. The van der Waals surface area contributed by atoms with E-state index in [1.54, 1.807) is 0 Å². The Bertz CT molecular complexity index is 757. The Kier molecular flexibility index (Phi) is 4.36. The van der Waals surface area contributed by atoms with E-state index in [1.807, 2.05) is 31.1 Å². The third-order valence-corrected chi connectivity index (χ3v) is 5.64. The number of hydrogen-bond donors (Lipinski definition) is 0. The normalized spacial score (nSPS) is 21.8. The summed E-state index contributed by atoms with van der Waals surface area (Å²) in [6.07, 6.45) is 9.10. The number of amides is 1. The smallest absolute Gasteiger partial charge is 0.292 e. The van der Waals surface area contributed by atoms with Gasteiger partial charge in [-0.3, -0.25) is 4.79 Å². The minimum absolute atomic E-state index is 0.0389. The third-order valence-electron chi connectivity index (χ3n) is 5.64. The van der Waals surface area contributed by atoms with Crippen molar-refractivity contribution in [2.45, 2.75) is 57.3 Å². The van der Waals surface area contributed by atoms with Gasteiger partial charge in [-0.15, -0.1) is 0 Å². The number of nitrogens with zero attached hydrogens (tertiary/aromatic N) is 4. The van der Waals surface area contributed by atoms with Gasteiger partial charge in [-0.25, -0.2) is 4.98 Å². The molecule has 6 heteroatoms. The van der Waals surface area contributed by atoms with Crippen molar-refractivity contribution in [2.75, 3.05) is 13.1 Å². The molecule has 2 aromatic rings. The lowest BCUT2D eigenvalue weighted by Crippen LogP contribution is -2.28.